The largest absolute Gasteiger partial charge is 0.249 e. The van der Waals surface area contributed by atoms with E-state index in [4.69, 9.17) is 28.2 Å². The van der Waals surface area contributed by atoms with Crippen LogP contribution in [0.5, 0.6) is 0 Å². The third kappa shape index (κ3) is 2.42. The second-order valence-corrected chi connectivity index (χ2v) is 6.13. The fourth-order valence-corrected chi connectivity index (χ4v) is 2.99. The number of aryl methyl sites for hydroxylation is 2. The molecule has 0 aliphatic heterocycles. The van der Waals surface area contributed by atoms with Gasteiger partial charge in [-0.1, -0.05) is 29.3 Å². The SMILES string of the molecule is Cc1ccc2nc(C)c(-c3cc4nc(Cl)cc(Cl)n4n3)nc2c1. The molecule has 0 amide bonds. The van der Waals surface area contributed by atoms with Crippen molar-refractivity contribution < 1.29 is 0 Å². The van der Waals surface area contributed by atoms with E-state index in [-0.39, 0.29) is 0 Å². The standard InChI is InChI=1S/C16H11Cl2N5/c1-8-3-4-10-11(5-8)20-16(9(2)19-10)12-6-15-21-13(17)7-14(18)23(15)22-12/h3-7H,1-2H3. The van der Waals surface area contributed by atoms with Crippen LogP contribution in [0.2, 0.25) is 10.3 Å². The van der Waals surface area contributed by atoms with Gasteiger partial charge < -0.3 is 0 Å². The Kier molecular flexibility index (Phi) is 3.21. The summed E-state index contributed by atoms with van der Waals surface area (Å²) in [6.07, 6.45) is 0. The minimum Gasteiger partial charge on any atom is -0.249 e. The van der Waals surface area contributed by atoms with Crippen LogP contribution in [-0.2, 0) is 0 Å². The molecule has 4 aromatic rings. The number of aromatic nitrogens is 5. The summed E-state index contributed by atoms with van der Waals surface area (Å²) in [6, 6.07) is 9.35. The van der Waals surface area contributed by atoms with Crippen LogP contribution >= 0.6 is 23.2 Å². The lowest BCUT2D eigenvalue weighted by Gasteiger charge is -2.04. The molecule has 0 aliphatic carbocycles. The van der Waals surface area contributed by atoms with Gasteiger partial charge in [-0.3, -0.25) is 0 Å². The van der Waals surface area contributed by atoms with Crippen LogP contribution in [0.3, 0.4) is 0 Å². The molecule has 0 saturated heterocycles. The lowest BCUT2D eigenvalue weighted by molar-refractivity contribution is 0.939. The molecular weight excluding hydrogens is 333 g/mol. The van der Waals surface area contributed by atoms with Gasteiger partial charge in [-0.15, -0.1) is 0 Å². The van der Waals surface area contributed by atoms with Gasteiger partial charge in [0.25, 0.3) is 0 Å². The van der Waals surface area contributed by atoms with Crippen molar-refractivity contribution in [2.24, 2.45) is 0 Å². The molecule has 0 aliphatic rings. The number of fused-ring (bicyclic) bond motifs is 2. The summed E-state index contributed by atoms with van der Waals surface area (Å²) < 4.78 is 1.53. The van der Waals surface area contributed by atoms with Gasteiger partial charge >= 0.3 is 0 Å². The van der Waals surface area contributed by atoms with E-state index in [1.54, 1.807) is 12.1 Å². The lowest BCUT2D eigenvalue weighted by Crippen LogP contribution is -1.96. The molecule has 5 nitrogen and oxygen atoms in total. The van der Waals surface area contributed by atoms with Crippen LogP contribution in [0.25, 0.3) is 28.1 Å². The molecule has 1 aromatic carbocycles. The quantitative estimate of drug-likeness (QED) is 0.484. The number of hydrogen-bond acceptors (Lipinski definition) is 4. The highest BCUT2D eigenvalue weighted by atomic mass is 35.5. The molecule has 3 aromatic heterocycles. The van der Waals surface area contributed by atoms with Crippen molar-refractivity contribution in [2.45, 2.75) is 13.8 Å². The zero-order chi connectivity index (χ0) is 16.1. The fourth-order valence-electron chi connectivity index (χ4n) is 2.52. The molecule has 23 heavy (non-hydrogen) atoms. The monoisotopic (exact) mass is 343 g/mol. The molecule has 0 fully saturated rings. The Balaban J connectivity index is 1.98. The van der Waals surface area contributed by atoms with Crippen molar-refractivity contribution >= 4 is 39.9 Å². The lowest BCUT2D eigenvalue weighted by atomic mass is 10.2. The molecule has 0 atom stereocenters. The first-order valence-electron chi connectivity index (χ1n) is 6.98. The third-order valence-corrected chi connectivity index (χ3v) is 4.05. The van der Waals surface area contributed by atoms with Crippen molar-refractivity contribution in [3.63, 3.8) is 0 Å². The second kappa shape index (κ2) is 5.15. The van der Waals surface area contributed by atoms with E-state index in [2.05, 4.69) is 15.1 Å². The zero-order valence-corrected chi connectivity index (χ0v) is 13.9. The molecule has 0 radical (unpaired) electrons. The van der Waals surface area contributed by atoms with E-state index < -0.39 is 0 Å². The molecule has 0 spiro atoms. The smallest absolute Gasteiger partial charge is 0.159 e. The maximum Gasteiger partial charge on any atom is 0.159 e. The molecule has 114 valence electrons. The van der Waals surface area contributed by atoms with Gasteiger partial charge in [-0.05, 0) is 31.5 Å². The summed E-state index contributed by atoms with van der Waals surface area (Å²) in [5, 5.41) is 5.20. The van der Waals surface area contributed by atoms with Crippen LogP contribution < -0.4 is 0 Å². The molecule has 4 rings (SSSR count). The minimum atomic E-state index is 0.325. The molecule has 7 heteroatoms. The minimum absolute atomic E-state index is 0.325. The second-order valence-electron chi connectivity index (χ2n) is 5.35. The first kappa shape index (κ1) is 14.4. The fraction of sp³-hybridized carbons (Fsp3) is 0.125. The average molecular weight is 344 g/mol. The first-order chi connectivity index (χ1) is 11.0. The summed E-state index contributed by atoms with van der Waals surface area (Å²) in [6.45, 7) is 3.94. The zero-order valence-electron chi connectivity index (χ0n) is 12.4. The predicted molar refractivity (Wildman–Crippen MR) is 91.0 cm³/mol. The van der Waals surface area contributed by atoms with Gasteiger partial charge in [-0.2, -0.15) is 5.10 Å². The molecular formula is C16H11Cl2N5. The molecule has 3 heterocycles. The van der Waals surface area contributed by atoms with E-state index in [1.165, 1.54) is 4.52 Å². The summed E-state index contributed by atoms with van der Waals surface area (Å²) in [7, 11) is 0. The summed E-state index contributed by atoms with van der Waals surface area (Å²) in [4.78, 5) is 13.5. The van der Waals surface area contributed by atoms with E-state index >= 15 is 0 Å². The summed E-state index contributed by atoms with van der Waals surface area (Å²) in [5.41, 5.74) is 5.57. The van der Waals surface area contributed by atoms with Gasteiger partial charge in [0.1, 0.15) is 21.7 Å². The van der Waals surface area contributed by atoms with Crippen molar-refractivity contribution in [3.05, 3.63) is 51.9 Å². The highest BCUT2D eigenvalue weighted by molar-refractivity contribution is 6.33. The predicted octanol–water partition coefficient (Wildman–Crippen LogP) is 4.26. The first-order valence-corrected chi connectivity index (χ1v) is 7.74. The highest BCUT2D eigenvalue weighted by Gasteiger charge is 2.14. The average Bonchev–Trinajstić information content (AvgIpc) is 2.91. The third-order valence-electron chi connectivity index (χ3n) is 3.59. The van der Waals surface area contributed by atoms with Crippen LogP contribution in [-0.4, -0.2) is 24.6 Å². The van der Waals surface area contributed by atoms with E-state index in [1.807, 2.05) is 32.0 Å². The maximum atomic E-state index is 6.16. The highest BCUT2D eigenvalue weighted by Crippen LogP contribution is 2.25. The van der Waals surface area contributed by atoms with Gasteiger partial charge in [-0.25, -0.2) is 19.5 Å². The van der Waals surface area contributed by atoms with Gasteiger partial charge in [0, 0.05) is 12.1 Å². The Labute approximate surface area is 141 Å². The Morgan fingerprint density at radius 2 is 1.74 bits per heavy atom. The topological polar surface area (TPSA) is 56.0 Å². The van der Waals surface area contributed by atoms with Gasteiger partial charge in [0.2, 0.25) is 0 Å². The number of benzene rings is 1. The maximum absolute atomic E-state index is 6.16. The number of hydrogen-bond donors (Lipinski definition) is 0. The van der Waals surface area contributed by atoms with E-state index in [9.17, 15) is 0 Å². The summed E-state index contributed by atoms with van der Waals surface area (Å²) in [5.74, 6) is 0. The molecule has 0 saturated carbocycles. The number of nitrogens with zero attached hydrogens (tertiary/aromatic N) is 5. The Morgan fingerprint density at radius 1 is 0.913 bits per heavy atom. The summed E-state index contributed by atoms with van der Waals surface area (Å²) >= 11 is 12.1. The Morgan fingerprint density at radius 3 is 2.57 bits per heavy atom. The van der Waals surface area contributed by atoms with Crippen LogP contribution in [0.1, 0.15) is 11.3 Å². The van der Waals surface area contributed by atoms with E-state index in [0.717, 1.165) is 22.3 Å². The van der Waals surface area contributed by atoms with Gasteiger partial charge in [0.05, 0.1) is 16.7 Å². The van der Waals surface area contributed by atoms with Crippen molar-refractivity contribution in [1.82, 2.24) is 24.6 Å². The molecule has 0 bridgehead atoms. The van der Waals surface area contributed by atoms with Crippen molar-refractivity contribution in [1.29, 1.82) is 0 Å². The molecule has 0 N–H and O–H groups in total. The number of halogens is 2. The van der Waals surface area contributed by atoms with Crippen LogP contribution in [0, 0.1) is 13.8 Å². The normalized spacial score (nSPS) is 11.5. The van der Waals surface area contributed by atoms with Gasteiger partial charge in [0.15, 0.2) is 5.65 Å². The number of rotatable bonds is 1. The van der Waals surface area contributed by atoms with Crippen LogP contribution in [0.15, 0.2) is 30.3 Å². The Bertz CT molecular complexity index is 1070. The van der Waals surface area contributed by atoms with Crippen molar-refractivity contribution in [3.8, 4) is 11.4 Å². The van der Waals surface area contributed by atoms with Crippen molar-refractivity contribution in [2.75, 3.05) is 0 Å². The molecule has 0 unspecified atom stereocenters. The van der Waals surface area contributed by atoms with Crippen LogP contribution in [0.4, 0.5) is 0 Å². The Hall–Kier alpha value is -2.24. The van der Waals surface area contributed by atoms with E-state index in [0.29, 0.717) is 27.3 Å².